The van der Waals surface area contributed by atoms with Gasteiger partial charge in [-0.25, -0.2) is 4.79 Å². The van der Waals surface area contributed by atoms with Crippen LogP contribution in [0.2, 0.25) is 0 Å². The Bertz CT molecular complexity index is 908. The molecule has 1 atom stereocenters. The molecule has 4 rings (SSSR count). The maximum atomic E-state index is 12.5. The number of nitrogens with one attached hydrogen (secondary N) is 2. The summed E-state index contributed by atoms with van der Waals surface area (Å²) in [6.07, 6.45) is 7.09. The minimum Gasteiger partial charge on any atom is -0.427 e. The lowest BCUT2D eigenvalue weighted by Crippen LogP contribution is -2.32. The third-order valence-corrected chi connectivity index (χ3v) is 5.92. The quantitative estimate of drug-likeness (QED) is 0.766. The zero-order valence-corrected chi connectivity index (χ0v) is 16.8. The molecule has 2 aromatic heterocycles. The molecule has 2 aromatic rings. The first-order valence-corrected chi connectivity index (χ1v) is 10.6. The zero-order chi connectivity index (χ0) is 20.2. The molecule has 1 aliphatic carbocycles. The zero-order valence-electron chi connectivity index (χ0n) is 16.8. The van der Waals surface area contributed by atoms with Crippen LogP contribution < -0.4 is 16.3 Å². The Kier molecular flexibility index (Phi) is 6.08. The van der Waals surface area contributed by atoms with Gasteiger partial charge in [0.05, 0.1) is 0 Å². The van der Waals surface area contributed by atoms with Gasteiger partial charge in [0.25, 0.3) is 5.91 Å². The highest BCUT2D eigenvalue weighted by Gasteiger charge is 2.24. The van der Waals surface area contributed by atoms with Gasteiger partial charge in [0.1, 0.15) is 11.3 Å². The highest BCUT2D eigenvalue weighted by Crippen LogP contribution is 2.32. The third kappa shape index (κ3) is 4.58. The lowest BCUT2D eigenvalue weighted by Gasteiger charge is -2.22. The van der Waals surface area contributed by atoms with Gasteiger partial charge in [-0.05, 0) is 50.8 Å². The first kappa shape index (κ1) is 19.8. The van der Waals surface area contributed by atoms with Crippen LogP contribution in [-0.4, -0.2) is 35.7 Å². The minimum atomic E-state index is -0.578. The van der Waals surface area contributed by atoms with E-state index in [-0.39, 0.29) is 11.5 Å². The van der Waals surface area contributed by atoms with E-state index in [4.69, 9.17) is 8.94 Å². The van der Waals surface area contributed by atoms with Crippen molar-refractivity contribution in [2.75, 3.05) is 19.6 Å². The van der Waals surface area contributed by atoms with E-state index >= 15 is 0 Å². The van der Waals surface area contributed by atoms with Crippen LogP contribution in [0.3, 0.4) is 0 Å². The van der Waals surface area contributed by atoms with Crippen molar-refractivity contribution in [3.05, 3.63) is 45.1 Å². The molecule has 2 aliphatic rings. The SMILES string of the molecule is Cc1cc(C2CCCNC2)oc(=O)c1C(=O)NCCc1noc(C2CCCC2)n1. The molecular weight excluding hydrogens is 372 g/mol. The number of carbonyl (C=O) groups excluding carboxylic acids is 1. The van der Waals surface area contributed by atoms with E-state index in [2.05, 4.69) is 20.8 Å². The minimum absolute atomic E-state index is 0.0669. The van der Waals surface area contributed by atoms with Crippen molar-refractivity contribution in [3.8, 4) is 0 Å². The highest BCUT2D eigenvalue weighted by molar-refractivity contribution is 5.95. The number of hydrogen-bond donors (Lipinski definition) is 2. The summed E-state index contributed by atoms with van der Waals surface area (Å²) in [5.74, 6) is 2.06. The first-order valence-electron chi connectivity index (χ1n) is 10.6. The van der Waals surface area contributed by atoms with Crippen LogP contribution >= 0.6 is 0 Å². The van der Waals surface area contributed by atoms with Crippen LogP contribution in [0.5, 0.6) is 0 Å². The normalized spacial score (nSPS) is 20.1. The number of aryl methyl sites for hydroxylation is 1. The van der Waals surface area contributed by atoms with Gasteiger partial charge in [-0.15, -0.1) is 0 Å². The molecule has 0 bridgehead atoms. The summed E-state index contributed by atoms with van der Waals surface area (Å²) >= 11 is 0. The summed E-state index contributed by atoms with van der Waals surface area (Å²) in [5.41, 5.74) is 0.130. The summed E-state index contributed by atoms with van der Waals surface area (Å²) < 4.78 is 10.8. The average molecular weight is 400 g/mol. The second-order valence-electron chi connectivity index (χ2n) is 8.07. The predicted octanol–water partition coefficient (Wildman–Crippen LogP) is 2.43. The van der Waals surface area contributed by atoms with Gasteiger partial charge in [0, 0.05) is 31.3 Å². The fourth-order valence-electron chi connectivity index (χ4n) is 4.29. The van der Waals surface area contributed by atoms with Crippen LogP contribution in [0.15, 0.2) is 19.8 Å². The highest BCUT2D eigenvalue weighted by atomic mass is 16.5. The van der Waals surface area contributed by atoms with Crippen molar-refractivity contribution in [1.29, 1.82) is 0 Å². The molecule has 1 saturated heterocycles. The number of aromatic nitrogens is 2. The van der Waals surface area contributed by atoms with Gasteiger partial charge in [-0.1, -0.05) is 18.0 Å². The Morgan fingerprint density at radius 1 is 1.24 bits per heavy atom. The van der Waals surface area contributed by atoms with Crippen molar-refractivity contribution in [2.45, 2.75) is 63.7 Å². The van der Waals surface area contributed by atoms with Gasteiger partial charge in [-0.3, -0.25) is 4.79 Å². The van der Waals surface area contributed by atoms with Crippen LogP contribution in [0.25, 0.3) is 0 Å². The van der Waals surface area contributed by atoms with Crippen LogP contribution in [0, 0.1) is 6.92 Å². The third-order valence-electron chi connectivity index (χ3n) is 5.92. The summed E-state index contributed by atoms with van der Waals surface area (Å²) in [7, 11) is 0. The molecule has 0 radical (unpaired) electrons. The van der Waals surface area contributed by atoms with E-state index in [0.717, 1.165) is 38.8 Å². The van der Waals surface area contributed by atoms with Crippen molar-refractivity contribution in [3.63, 3.8) is 0 Å². The van der Waals surface area contributed by atoms with Gasteiger partial charge in [0.15, 0.2) is 5.82 Å². The maximum absolute atomic E-state index is 12.5. The molecule has 1 saturated carbocycles. The molecule has 1 unspecified atom stereocenters. The number of carbonyl (C=O) groups is 1. The standard InChI is InChI=1S/C21H28N4O4/c1-13-11-16(15-7-4-9-22-12-15)28-21(27)18(13)19(26)23-10-8-17-24-20(29-25-17)14-5-2-3-6-14/h11,14-15,22H,2-10,12H2,1H3,(H,23,26). The molecule has 2 N–H and O–H groups in total. The molecule has 0 spiro atoms. The van der Waals surface area contributed by atoms with Crippen molar-refractivity contribution >= 4 is 5.91 Å². The molecule has 8 nitrogen and oxygen atoms in total. The van der Waals surface area contributed by atoms with Gasteiger partial charge >= 0.3 is 5.63 Å². The second-order valence-corrected chi connectivity index (χ2v) is 8.07. The number of hydrogen-bond acceptors (Lipinski definition) is 7. The molecule has 8 heteroatoms. The lowest BCUT2D eigenvalue weighted by atomic mass is 9.95. The van der Waals surface area contributed by atoms with Crippen molar-refractivity contribution in [2.24, 2.45) is 0 Å². The van der Waals surface area contributed by atoms with Gasteiger partial charge < -0.3 is 19.6 Å². The number of piperidine rings is 1. The van der Waals surface area contributed by atoms with E-state index in [1.165, 1.54) is 12.8 Å². The molecule has 1 amide bonds. The van der Waals surface area contributed by atoms with E-state index in [1.54, 1.807) is 6.92 Å². The van der Waals surface area contributed by atoms with E-state index in [0.29, 0.717) is 41.9 Å². The molecular formula is C21H28N4O4. The fraction of sp³-hybridized carbons (Fsp3) is 0.619. The largest absolute Gasteiger partial charge is 0.427 e. The molecule has 0 aromatic carbocycles. The van der Waals surface area contributed by atoms with Gasteiger partial charge in [-0.2, -0.15) is 4.98 Å². The average Bonchev–Trinajstić information content (AvgIpc) is 3.40. The molecule has 3 heterocycles. The molecule has 156 valence electrons. The topological polar surface area (TPSA) is 110 Å². The van der Waals surface area contributed by atoms with Crippen molar-refractivity contribution in [1.82, 2.24) is 20.8 Å². The Balaban J connectivity index is 1.35. The molecule has 1 aliphatic heterocycles. The second kappa shape index (κ2) is 8.90. The van der Waals surface area contributed by atoms with Crippen LogP contribution in [0.4, 0.5) is 0 Å². The van der Waals surface area contributed by atoms with Crippen LogP contribution in [0.1, 0.15) is 83.8 Å². The Morgan fingerprint density at radius 3 is 2.76 bits per heavy atom. The Hall–Kier alpha value is -2.48. The van der Waals surface area contributed by atoms with Crippen LogP contribution in [-0.2, 0) is 6.42 Å². The summed E-state index contributed by atoms with van der Waals surface area (Å²) in [6.45, 7) is 3.89. The van der Waals surface area contributed by atoms with Gasteiger partial charge in [0.2, 0.25) is 5.89 Å². The van der Waals surface area contributed by atoms with E-state index < -0.39 is 11.5 Å². The number of nitrogens with zero attached hydrogens (tertiary/aromatic N) is 2. The number of rotatable bonds is 6. The van der Waals surface area contributed by atoms with E-state index in [9.17, 15) is 9.59 Å². The predicted molar refractivity (Wildman–Crippen MR) is 106 cm³/mol. The Labute approximate surface area is 169 Å². The monoisotopic (exact) mass is 400 g/mol. The Morgan fingerprint density at radius 2 is 2.03 bits per heavy atom. The maximum Gasteiger partial charge on any atom is 0.349 e. The summed E-state index contributed by atoms with van der Waals surface area (Å²) in [4.78, 5) is 29.4. The summed E-state index contributed by atoms with van der Waals surface area (Å²) in [5, 5.41) is 10.1. The van der Waals surface area contributed by atoms with Crippen molar-refractivity contribution < 1.29 is 13.7 Å². The molecule has 2 fully saturated rings. The first-order chi connectivity index (χ1) is 14.1. The fourth-order valence-corrected chi connectivity index (χ4v) is 4.29. The summed E-state index contributed by atoms with van der Waals surface area (Å²) in [6, 6.07) is 1.82. The lowest BCUT2D eigenvalue weighted by molar-refractivity contribution is 0.0948. The number of amides is 1. The smallest absolute Gasteiger partial charge is 0.349 e. The molecule has 29 heavy (non-hydrogen) atoms. The van der Waals surface area contributed by atoms with E-state index in [1.807, 2.05) is 6.07 Å².